The molecule has 0 aromatic rings. The third kappa shape index (κ3) is 8.27. The first kappa shape index (κ1) is 13.7. The van der Waals surface area contributed by atoms with Gasteiger partial charge < -0.3 is 10.2 Å². The Hall–Kier alpha value is -0.340. The second-order valence-electron chi connectivity index (χ2n) is 4.57. The second-order valence-corrected chi connectivity index (χ2v) is 4.57. The van der Waals surface area contributed by atoms with Crippen molar-refractivity contribution < 1.29 is 0 Å². The van der Waals surface area contributed by atoms with Crippen molar-refractivity contribution >= 4 is 0 Å². The van der Waals surface area contributed by atoms with E-state index in [0.29, 0.717) is 6.04 Å². The average Bonchev–Trinajstić information content (AvgIpc) is 2.02. The lowest BCUT2D eigenvalue weighted by molar-refractivity contribution is 0.312. The van der Waals surface area contributed by atoms with Gasteiger partial charge >= 0.3 is 0 Å². The maximum absolute atomic E-state index is 3.55. The smallest absolute Gasteiger partial charge is 0.0200 e. The quantitative estimate of drug-likeness (QED) is 0.630. The molecular formula is C12H26N2. The maximum Gasteiger partial charge on any atom is 0.0200 e. The Bertz CT molecular complexity index is 140. The molecule has 0 aliphatic carbocycles. The Morgan fingerprint density at radius 3 is 2.36 bits per heavy atom. The summed E-state index contributed by atoms with van der Waals surface area (Å²) in [6, 6.07) is 0.612. The summed E-state index contributed by atoms with van der Waals surface area (Å²) in [5.74, 6) is 0.762. The van der Waals surface area contributed by atoms with Crippen molar-refractivity contribution in [3.05, 3.63) is 12.2 Å². The van der Waals surface area contributed by atoms with E-state index in [2.05, 4.69) is 57.2 Å². The van der Waals surface area contributed by atoms with Crippen LogP contribution in [-0.4, -0.2) is 38.1 Å². The summed E-state index contributed by atoms with van der Waals surface area (Å²) in [5, 5.41) is 3.55. The molecule has 0 aromatic heterocycles. The second kappa shape index (κ2) is 8.01. The van der Waals surface area contributed by atoms with Gasteiger partial charge in [-0.2, -0.15) is 0 Å². The van der Waals surface area contributed by atoms with E-state index in [1.807, 2.05) is 0 Å². The minimum atomic E-state index is 0.612. The van der Waals surface area contributed by atoms with Crippen molar-refractivity contribution in [1.82, 2.24) is 10.2 Å². The molecule has 0 aliphatic heterocycles. The molecule has 1 unspecified atom stereocenters. The lowest BCUT2D eigenvalue weighted by Crippen LogP contribution is -2.39. The molecule has 84 valence electrons. The van der Waals surface area contributed by atoms with Crippen LogP contribution in [0.5, 0.6) is 0 Å². The fourth-order valence-electron chi connectivity index (χ4n) is 1.58. The molecule has 2 heteroatoms. The third-order valence-corrected chi connectivity index (χ3v) is 2.10. The van der Waals surface area contributed by atoms with Crippen molar-refractivity contribution in [1.29, 1.82) is 0 Å². The van der Waals surface area contributed by atoms with Crippen LogP contribution in [0.25, 0.3) is 0 Å². The molecule has 0 rings (SSSR count). The third-order valence-electron chi connectivity index (χ3n) is 2.10. The van der Waals surface area contributed by atoms with Crippen LogP contribution < -0.4 is 5.32 Å². The van der Waals surface area contributed by atoms with Gasteiger partial charge in [0.05, 0.1) is 0 Å². The minimum Gasteiger partial charge on any atom is -0.309 e. The van der Waals surface area contributed by atoms with Crippen molar-refractivity contribution in [3.63, 3.8) is 0 Å². The molecule has 0 amide bonds. The van der Waals surface area contributed by atoms with Gasteiger partial charge in [0.25, 0.3) is 0 Å². The van der Waals surface area contributed by atoms with Gasteiger partial charge in [0.2, 0.25) is 0 Å². The lowest BCUT2D eigenvalue weighted by atomic mass is 10.0. The van der Waals surface area contributed by atoms with Gasteiger partial charge in [-0.1, -0.05) is 26.0 Å². The molecular weight excluding hydrogens is 172 g/mol. The minimum absolute atomic E-state index is 0.612. The number of hydrogen-bond donors (Lipinski definition) is 1. The zero-order valence-corrected chi connectivity index (χ0v) is 10.4. The maximum atomic E-state index is 3.55. The molecule has 14 heavy (non-hydrogen) atoms. The van der Waals surface area contributed by atoms with E-state index in [0.717, 1.165) is 19.0 Å². The van der Waals surface area contributed by atoms with E-state index in [4.69, 9.17) is 0 Å². The first-order valence-electron chi connectivity index (χ1n) is 5.55. The monoisotopic (exact) mass is 198 g/mol. The molecule has 0 saturated carbocycles. The Morgan fingerprint density at radius 2 is 1.93 bits per heavy atom. The highest BCUT2D eigenvalue weighted by Crippen LogP contribution is 2.05. The molecule has 0 saturated heterocycles. The normalized spacial score (nSPS) is 14.5. The topological polar surface area (TPSA) is 15.3 Å². The van der Waals surface area contributed by atoms with Crippen LogP contribution in [0.1, 0.15) is 27.2 Å². The van der Waals surface area contributed by atoms with E-state index in [-0.39, 0.29) is 0 Å². The van der Waals surface area contributed by atoms with Gasteiger partial charge in [-0.15, -0.1) is 0 Å². The van der Waals surface area contributed by atoms with Crippen LogP contribution in [-0.2, 0) is 0 Å². The van der Waals surface area contributed by atoms with Crippen LogP contribution in [0.4, 0.5) is 0 Å². The van der Waals surface area contributed by atoms with Gasteiger partial charge in [0.1, 0.15) is 0 Å². The SMILES string of the molecule is C/C=C/CNC(CC(C)C)CN(C)C. The van der Waals surface area contributed by atoms with E-state index in [1.54, 1.807) is 0 Å². The Morgan fingerprint density at radius 1 is 1.29 bits per heavy atom. The number of nitrogens with zero attached hydrogens (tertiary/aromatic N) is 1. The fourth-order valence-corrected chi connectivity index (χ4v) is 1.58. The van der Waals surface area contributed by atoms with Gasteiger partial charge in [-0.3, -0.25) is 0 Å². The molecule has 2 nitrogen and oxygen atoms in total. The number of rotatable bonds is 7. The summed E-state index contributed by atoms with van der Waals surface area (Å²) in [7, 11) is 4.26. The Labute approximate surface area is 89.4 Å². The van der Waals surface area contributed by atoms with Gasteiger partial charge in [0, 0.05) is 19.1 Å². The zero-order chi connectivity index (χ0) is 11.0. The first-order valence-corrected chi connectivity index (χ1v) is 5.55. The van der Waals surface area contributed by atoms with Crippen LogP contribution in [0.3, 0.4) is 0 Å². The number of allylic oxidation sites excluding steroid dienone is 1. The van der Waals surface area contributed by atoms with Gasteiger partial charge in [-0.25, -0.2) is 0 Å². The van der Waals surface area contributed by atoms with Crippen LogP contribution in [0.2, 0.25) is 0 Å². The highest BCUT2D eigenvalue weighted by atomic mass is 15.1. The summed E-state index contributed by atoms with van der Waals surface area (Å²) in [4.78, 5) is 2.25. The Balaban J connectivity index is 3.84. The van der Waals surface area contributed by atoms with Crippen molar-refractivity contribution in [2.24, 2.45) is 5.92 Å². The largest absolute Gasteiger partial charge is 0.309 e. The zero-order valence-electron chi connectivity index (χ0n) is 10.4. The summed E-state index contributed by atoms with van der Waals surface area (Å²) >= 11 is 0. The molecule has 0 spiro atoms. The predicted molar refractivity (Wildman–Crippen MR) is 64.6 cm³/mol. The summed E-state index contributed by atoms with van der Waals surface area (Å²) < 4.78 is 0. The molecule has 0 heterocycles. The summed E-state index contributed by atoms with van der Waals surface area (Å²) in [6.45, 7) is 8.72. The number of likely N-dealkylation sites (N-methyl/N-ethyl adjacent to an activating group) is 1. The van der Waals surface area contributed by atoms with Crippen molar-refractivity contribution in [2.75, 3.05) is 27.2 Å². The van der Waals surface area contributed by atoms with E-state index in [1.165, 1.54) is 6.42 Å². The first-order chi connectivity index (χ1) is 6.56. The van der Waals surface area contributed by atoms with E-state index >= 15 is 0 Å². The highest BCUT2D eigenvalue weighted by Gasteiger charge is 2.10. The van der Waals surface area contributed by atoms with Crippen molar-refractivity contribution in [3.8, 4) is 0 Å². The molecule has 0 bridgehead atoms. The molecule has 1 atom stereocenters. The van der Waals surface area contributed by atoms with Crippen LogP contribution in [0.15, 0.2) is 12.2 Å². The predicted octanol–water partition coefficient (Wildman–Crippen LogP) is 2.13. The molecule has 0 radical (unpaired) electrons. The lowest BCUT2D eigenvalue weighted by Gasteiger charge is -2.23. The van der Waals surface area contributed by atoms with Crippen LogP contribution in [0, 0.1) is 5.92 Å². The molecule has 0 fully saturated rings. The van der Waals surface area contributed by atoms with Gasteiger partial charge in [0.15, 0.2) is 0 Å². The average molecular weight is 198 g/mol. The number of hydrogen-bond acceptors (Lipinski definition) is 2. The summed E-state index contributed by atoms with van der Waals surface area (Å²) in [6.07, 6.45) is 5.51. The van der Waals surface area contributed by atoms with Crippen molar-refractivity contribution in [2.45, 2.75) is 33.2 Å². The molecule has 0 aliphatic rings. The standard InChI is InChI=1S/C12H26N2/c1-6-7-8-13-12(9-11(2)3)10-14(4)5/h6-7,11-13H,8-10H2,1-5H3/b7-6+. The molecule has 0 aromatic carbocycles. The number of nitrogens with one attached hydrogen (secondary N) is 1. The Kier molecular flexibility index (Phi) is 7.81. The van der Waals surface area contributed by atoms with Gasteiger partial charge in [-0.05, 0) is 33.4 Å². The summed E-state index contributed by atoms with van der Waals surface area (Å²) in [5.41, 5.74) is 0. The van der Waals surface area contributed by atoms with E-state index < -0.39 is 0 Å². The van der Waals surface area contributed by atoms with E-state index in [9.17, 15) is 0 Å². The molecule has 1 N–H and O–H groups in total. The van der Waals surface area contributed by atoms with Crippen LogP contribution >= 0.6 is 0 Å². The highest BCUT2D eigenvalue weighted by molar-refractivity contribution is 4.82. The fraction of sp³-hybridized carbons (Fsp3) is 0.833.